The molecule has 2 aliphatic heterocycles. The van der Waals surface area contributed by atoms with Crippen LogP contribution in [-0.4, -0.2) is 24.4 Å². The average Bonchev–Trinajstić information content (AvgIpc) is 3.57. The maximum absolute atomic E-state index is 5.50. The van der Waals surface area contributed by atoms with Crippen LogP contribution < -0.4 is 0 Å². The molecule has 152 valence electrons. The van der Waals surface area contributed by atoms with E-state index in [0.29, 0.717) is 12.2 Å². The topological polar surface area (TPSA) is 25.1 Å². The van der Waals surface area contributed by atoms with Gasteiger partial charge in [0.25, 0.3) is 0 Å². The zero-order chi connectivity index (χ0) is 18.5. The molecule has 0 spiro atoms. The Bertz CT molecular complexity index is 363. The Morgan fingerprint density at radius 2 is 1.46 bits per heavy atom. The molecular weight excluding hydrogens is 320 g/mol. The number of hydrogen-bond donors (Lipinski definition) is 0. The van der Waals surface area contributed by atoms with Gasteiger partial charge in [0, 0.05) is 0 Å². The fraction of sp³-hybridized carbons (Fsp3) is 0.917. The van der Waals surface area contributed by atoms with Gasteiger partial charge >= 0.3 is 0 Å². The average molecular weight is 365 g/mol. The third-order valence-electron chi connectivity index (χ3n) is 6.26. The number of epoxide rings is 2. The van der Waals surface area contributed by atoms with Gasteiger partial charge in [0.05, 0.1) is 18.8 Å². The second-order valence-corrected chi connectivity index (χ2v) is 8.64. The molecule has 2 heteroatoms. The molecule has 0 aromatic rings. The van der Waals surface area contributed by atoms with Crippen LogP contribution in [-0.2, 0) is 9.47 Å². The lowest BCUT2D eigenvalue weighted by Gasteiger charge is -2.11. The third kappa shape index (κ3) is 9.04. The largest absolute Gasteiger partial charge is 0.373 e. The van der Waals surface area contributed by atoms with Crippen LogP contribution in [0.5, 0.6) is 0 Å². The summed E-state index contributed by atoms with van der Waals surface area (Å²) in [5.41, 5.74) is 0.151. The number of fused-ring (bicyclic) bond motifs is 1. The maximum atomic E-state index is 5.50. The quantitative estimate of drug-likeness (QED) is 0.183. The molecule has 0 bridgehead atoms. The van der Waals surface area contributed by atoms with Gasteiger partial charge in [0.15, 0.2) is 0 Å². The van der Waals surface area contributed by atoms with Crippen molar-refractivity contribution in [3.63, 3.8) is 0 Å². The SMILES string of the molecule is C=CC12CCCCC1O2.CCCCCCCCCCCCCCC1CO1. The van der Waals surface area contributed by atoms with E-state index < -0.39 is 0 Å². The summed E-state index contributed by atoms with van der Waals surface area (Å²) in [5, 5.41) is 0. The van der Waals surface area contributed by atoms with E-state index in [1.807, 2.05) is 6.08 Å². The minimum atomic E-state index is 0.151. The Labute approximate surface area is 163 Å². The summed E-state index contributed by atoms with van der Waals surface area (Å²) in [4.78, 5) is 0. The van der Waals surface area contributed by atoms with Crippen molar-refractivity contribution in [1.29, 1.82) is 0 Å². The van der Waals surface area contributed by atoms with E-state index >= 15 is 0 Å². The van der Waals surface area contributed by atoms with Crippen molar-refractivity contribution in [1.82, 2.24) is 0 Å². The molecule has 3 fully saturated rings. The predicted molar refractivity (Wildman–Crippen MR) is 112 cm³/mol. The Balaban J connectivity index is 0.000000223. The maximum Gasteiger partial charge on any atom is 0.113 e. The number of hydrogen-bond acceptors (Lipinski definition) is 2. The predicted octanol–water partition coefficient (Wildman–Crippen LogP) is 7.36. The van der Waals surface area contributed by atoms with Crippen molar-refractivity contribution in [3.05, 3.63) is 12.7 Å². The van der Waals surface area contributed by atoms with Gasteiger partial charge in [0.1, 0.15) is 5.60 Å². The van der Waals surface area contributed by atoms with Crippen molar-refractivity contribution in [2.45, 2.75) is 134 Å². The van der Waals surface area contributed by atoms with Crippen LogP contribution in [0.25, 0.3) is 0 Å². The molecule has 0 radical (unpaired) electrons. The van der Waals surface area contributed by atoms with E-state index in [1.165, 1.54) is 109 Å². The van der Waals surface area contributed by atoms with Crippen LogP contribution in [0.4, 0.5) is 0 Å². The minimum absolute atomic E-state index is 0.151. The van der Waals surface area contributed by atoms with Crippen LogP contribution in [0, 0.1) is 0 Å². The molecule has 0 amide bonds. The Hall–Kier alpha value is -0.340. The fourth-order valence-corrected chi connectivity index (χ4v) is 4.21. The van der Waals surface area contributed by atoms with Crippen molar-refractivity contribution in [3.8, 4) is 0 Å². The highest BCUT2D eigenvalue weighted by Gasteiger charge is 2.54. The molecule has 1 saturated carbocycles. The summed E-state index contributed by atoms with van der Waals surface area (Å²) < 4.78 is 10.7. The highest BCUT2D eigenvalue weighted by Crippen LogP contribution is 2.48. The van der Waals surface area contributed by atoms with E-state index in [4.69, 9.17) is 9.47 Å². The molecule has 3 atom stereocenters. The first kappa shape index (κ1) is 22.0. The van der Waals surface area contributed by atoms with E-state index in [2.05, 4.69) is 13.5 Å². The molecule has 0 aromatic heterocycles. The van der Waals surface area contributed by atoms with E-state index in [9.17, 15) is 0 Å². The zero-order valence-electron chi connectivity index (χ0n) is 17.5. The number of rotatable bonds is 14. The first-order valence-corrected chi connectivity index (χ1v) is 11.7. The third-order valence-corrected chi connectivity index (χ3v) is 6.26. The Morgan fingerprint density at radius 1 is 0.885 bits per heavy atom. The molecule has 2 nitrogen and oxygen atoms in total. The lowest BCUT2D eigenvalue weighted by atomic mass is 9.89. The number of unbranched alkanes of at least 4 members (excludes halogenated alkanes) is 11. The molecule has 26 heavy (non-hydrogen) atoms. The van der Waals surface area contributed by atoms with E-state index in [1.54, 1.807) is 0 Å². The van der Waals surface area contributed by atoms with Crippen LogP contribution in [0.2, 0.25) is 0 Å². The molecule has 2 heterocycles. The molecule has 0 aromatic carbocycles. The lowest BCUT2D eigenvalue weighted by Crippen LogP contribution is -2.15. The van der Waals surface area contributed by atoms with Crippen LogP contribution >= 0.6 is 0 Å². The van der Waals surface area contributed by atoms with E-state index in [-0.39, 0.29) is 5.60 Å². The van der Waals surface area contributed by atoms with Crippen molar-refractivity contribution >= 4 is 0 Å². The number of ether oxygens (including phenoxy) is 2. The van der Waals surface area contributed by atoms with Crippen molar-refractivity contribution < 1.29 is 9.47 Å². The van der Waals surface area contributed by atoms with Gasteiger partial charge in [-0.05, 0) is 19.3 Å². The fourth-order valence-electron chi connectivity index (χ4n) is 4.21. The lowest BCUT2D eigenvalue weighted by molar-refractivity contribution is 0.329. The molecule has 3 rings (SSSR count). The van der Waals surface area contributed by atoms with Gasteiger partial charge in [-0.2, -0.15) is 0 Å². The standard InChI is InChI=1S/C16H32O.C8H12O/c1-2-3-4-5-6-7-8-9-10-11-12-13-14-16-15-17-16;1-2-8-6-4-3-5-7(8)9-8/h16H,2-15H2,1H3;2,7H,1,3-6H2. The molecule has 3 aliphatic rings. The van der Waals surface area contributed by atoms with Gasteiger partial charge in [-0.25, -0.2) is 0 Å². The highest BCUT2D eigenvalue weighted by atomic mass is 16.6. The molecular formula is C24H44O2. The minimum Gasteiger partial charge on any atom is -0.373 e. The summed E-state index contributed by atoms with van der Waals surface area (Å²) in [6, 6.07) is 0. The van der Waals surface area contributed by atoms with Crippen LogP contribution in [0.3, 0.4) is 0 Å². The van der Waals surface area contributed by atoms with Gasteiger partial charge in [-0.1, -0.05) is 103 Å². The summed E-state index contributed by atoms with van der Waals surface area (Å²) in [6.45, 7) is 7.10. The van der Waals surface area contributed by atoms with Gasteiger partial charge in [0.2, 0.25) is 0 Å². The first-order valence-electron chi connectivity index (χ1n) is 11.7. The van der Waals surface area contributed by atoms with Crippen LogP contribution in [0.1, 0.15) is 116 Å². The van der Waals surface area contributed by atoms with Gasteiger partial charge in [-0.15, -0.1) is 6.58 Å². The Kier molecular flexibility index (Phi) is 10.9. The van der Waals surface area contributed by atoms with Crippen molar-refractivity contribution in [2.24, 2.45) is 0 Å². The zero-order valence-corrected chi connectivity index (χ0v) is 17.5. The highest BCUT2D eigenvalue weighted by molar-refractivity contribution is 5.15. The normalized spacial score (nSPS) is 28.7. The van der Waals surface area contributed by atoms with Crippen molar-refractivity contribution in [2.75, 3.05) is 6.61 Å². The van der Waals surface area contributed by atoms with E-state index in [0.717, 1.165) is 6.61 Å². The van der Waals surface area contributed by atoms with Crippen LogP contribution in [0.15, 0.2) is 12.7 Å². The summed E-state index contributed by atoms with van der Waals surface area (Å²) >= 11 is 0. The molecule has 3 unspecified atom stereocenters. The smallest absolute Gasteiger partial charge is 0.113 e. The Morgan fingerprint density at radius 3 is 1.92 bits per heavy atom. The molecule has 0 N–H and O–H groups in total. The second kappa shape index (κ2) is 12.9. The summed E-state index contributed by atoms with van der Waals surface area (Å²) in [6.07, 6.45) is 27.0. The summed E-state index contributed by atoms with van der Waals surface area (Å²) in [5.74, 6) is 0. The first-order chi connectivity index (χ1) is 12.8. The summed E-state index contributed by atoms with van der Waals surface area (Å²) in [7, 11) is 0. The second-order valence-electron chi connectivity index (χ2n) is 8.64. The molecule has 2 saturated heterocycles. The van der Waals surface area contributed by atoms with Gasteiger partial charge in [-0.3, -0.25) is 0 Å². The van der Waals surface area contributed by atoms with Gasteiger partial charge < -0.3 is 9.47 Å². The monoisotopic (exact) mass is 364 g/mol. The molecule has 1 aliphatic carbocycles.